The maximum atomic E-state index is 13.3. The summed E-state index contributed by atoms with van der Waals surface area (Å²) in [6.45, 7) is 1.94. The largest absolute Gasteiger partial charge is 0.507 e. The van der Waals surface area contributed by atoms with Crippen molar-refractivity contribution in [2.24, 2.45) is 0 Å². The van der Waals surface area contributed by atoms with Crippen LogP contribution in [0.1, 0.15) is 22.7 Å². The zero-order valence-electron chi connectivity index (χ0n) is 17.3. The summed E-state index contributed by atoms with van der Waals surface area (Å²) in [5, 5.41) is 11.6. The second-order valence-electron chi connectivity index (χ2n) is 7.70. The number of nitrogens with zero attached hydrogens (tertiary/aromatic N) is 2. The van der Waals surface area contributed by atoms with Gasteiger partial charge in [-0.1, -0.05) is 85.2 Å². The second kappa shape index (κ2) is 8.52. The first-order valence-corrected chi connectivity index (χ1v) is 12.4. The number of anilines is 1. The van der Waals surface area contributed by atoms with Crippen LogP contribution in [0.2, 0.25) is 0 Å². The number of ketones is 1. The minimum atomic E-state index is -0.802. The Kier molecular flexibility index (Phi) is 5.68. The molecule has 5 rings (SSSR count). The van der Waals surface area contributed by atoms with Crippen molar-refractivity contribution in [3.63, 3.8) is 0 Å². The summed E-state index contributed by atoms with van der Waals surface area (Å²) in [6, 6.07) is 19.4. The van der Waals surface area contributed by atoms with E-state index < -0.39 is 17.7 Å². The third-order valence-electron chi connectivity index (χ3n) is 5.50. The van der Waals surface area contributed by atoms with E-state index in [0.717, 1.165) is 24.7 Å². The van der Waals surface area contributed by atoms with E-state index in [-0.39, 0.29) is 11.3 Å². The van der Waals surface area contributed by atoms with Gasteiger partial charge in [-0.15, -0.1) is 0 Å². The van der Waals surface area contributed by atoms with Gasteiger partial charge >= 0.3 is 5.91 Å². The van der Waals surface area contributed by atoms with Gasteiger partial charge in [0.15, 0.2) is 5.13 Å². The first kappa shape index (κ1) is 22.0. The Morgan fingerprint density at radius 2 is 1.64 bits per heavy atom. The van der Waals surface area contributed by atoms with Gasteiger partial charge in [0.05, 0.1) is 21.8 Å². The number of thiazole rings is 1. The summed E-state index contributed by atoms with van der Waals surface area (Å²) in [4.78, 5) is 32.5. The molecule has 1 aliphatic rings. The fourth-order valence-electron chi connectivity index (χ4n) is 3.85. The van der Waals surface area contributed by atoms with Crippen LogP contribution in [0.3, 0.4) is 0 Å². The number of aliphatic hydroxyl groups is 1. The standard InChI is InChI=1S/C25H16Br2N2O3S/c1-13-2-4-15(5-3-13)22(30)20-21(14-6-8-16(26)9-7-14)29(24(32)23(20)31)25-28-18-11-10-17(27)12-19(18)33-25/h2-12,21,30H,1H3/b22-20+/t21-/m0/s1. The van der Waals surface area contributed by atoms with E-state index in [1.807, 2.05) is 61.5 Å². The van der Waals surface area contributed by atoms with Crippen molar-refractivity contribution in [1.82, 2.24) is 4.98 Å². The molecule has 1 saturated heterocycles. The number of hydrogen-bond donors (Lipinski definition) is 1. The maximum absolute atomic E-state index is 13.3. The lowest BCUT2D eigenvalue weighted by Crippen LogP contribution is -2.29. The fraction of sp³-hybridized carbons (Fsp3) is 0.0800. The number of carbonyl (C=O) groups excluding carboxylic acids is 2. The van der Waals surface area contributed by atoms with Crippen molar-refractivity contribution in [2.75, 3.05) is 4.90 Å². The number of Topliss-reactive ketones (excluding diaryl/α,β-unsaturated/α-hetero) is 1. The number of fused-ring (bicyclic) bond motifs is 1. The van der Waals surface area contributed by atoms with Crippen LogP contribution in [0.4, 0.5) is 5.13 Å². The highest BCUT2D eigenvalue weighted by molar-refractivity contribution is 9.10. The van der Waals surface area contributed by atoms with Crippen LogP contribution < -0.4 is 4.90 Å². The Labute approximate surface area is 210 Å². The number of amides is 1. The molecule has 0 spiro atoms. The van der Waals surface area contributed by atoms with Crippen LogP contribution in [-0.4, -0.2) is 21.8 Å². The van der Waals surface area contributed by atoms with Gasteiger partial charge in [0, 0.05) is 14.5 Å². The smallest absolute Gasteiger partial charge is 0.301 e. The molecular formula is C25H16Br2N2O3S. The minimum Gasteiger partial charge on any atom is -0.507 e. The zero-order chi connectivity index (χ0) is 23.3. The fourth-order valence-corrected chi connectivity index (χ4v) is 5.66. The van der Waals surface area contributed by atoms with E-state index in [2.05, 4.69) is 36.8 Å². The number of hydrogen-bond acceptors (Lipinski definition) is 5. The summed E-state index contributed by atoms with van der Waals surface area (Å²) in [5.41, 5.74) is 2.98. The van der Waals surface area contributed by atoms with Gasteiger partial charge in [0.1, 0.15) is 5.76 Å². The predicted octanol–water partition coefficient (Wildman–Crippen LogP) is 6.76. The molecule has 0 aliphatic carbocycles. The molecule has 1 amide bonds. The van der Waals surface area contributed by atoms with Gasteiger partial charge in [-0.3, -0.25) is 14.5 Å². The molecule has 2 heterocycles. The van der Waals surface area contributed by atoms with Gasteiger partial charge < -0.3 is 5.11 Å². The number of rotatable bonds is 3. The first-order valence-electron chi connectivity index (χ1n) is 10.0. The normalized spacial score (nSPS) is 17.8. The second-order valence-corrected chi connectivity index (χ2v) is 10.5. The molecule has 0 bridgehead atoms. The van der Waals surface area contributed by atoms with Crippen molar-refractivity contribution in [1.29, 1.82) is 0 Å². The van der Waals surface area contributed by atoms with E-state index in [4.69, 9.17) is 0 Å². The third kappa shape index (κ3) is 3.92. The molecule has 33 heavy (non-hydrogen) atoms. The molecule has 8 heteroatoms. The number of aromatic nitrogens is 1. The number of halogens is 2. The lowest BCUT2D eigenvalue weighted by atomic mass is 9.95. The van der Waals surface area contributed by atoms with Crippen LogP contribution >= 0.6 is 43.2 Å². The van der Waals surface area contributed by atoms with Crippen molar-refractivity contribution in [2.45, 2.75) is 13.0 Å². The lowest BCUT2D eigenvalue weighted by molar-refractivity contribution is -0.132. The van der Waals surface area contributed by atoms with E-state index in [0.29, 0.717) is 16.3 Å². The number of carbonyl (C=O) groups is 2. The van der Waals surface area contributed by atoms with Crippen molar-refractivity contribution in [3.8, 4) is 0 Å². The molecule has 1 fully saturated rings. The molecular weight excluding hydrogens is 568 g/mol. The van der Waals surface area contributed by atoms with Crippen molar-refractivity contribution >= 4 is 76.0 Å². The SMILES string of the molecule is Cc1ccc(/C(O)=C2\C(=O)C(=O)N(c3nc4ccc(Br)cc4s3)[C@H]2c2ccc(Br)cc2)cc1. The Morgan fingerprint density at radius 3 is 2.33 bits per heavy atom. The summed E-state index contributed by atoms with van der Waals surface area (Å²) in [5.74, 6) is -1.65. The molecule has 164 valence electrons. The van der Waals surface area contributed by atoms with Crippen molar-refractivity contribution in [3.05, 3.63) is 97.9 Å². The first-order chi connectivity index (χ1) is 15.8. The van der Waals surface area contributed by atoms with E-state index in [1.165, 1.54) is 16.2 Å². The Hall–Kier alpha value is -2.81. The summed E-state index contributed by atoms with van der Waals surface area (Å²) in [7, 11) is 0. The molecule has 1 N–H and O–H groups in total. The Balaban J connectivity index is 1.73. The quantitative estimate of drug-likeness (QED) is 0.164. The predicted molar refractivity (Wildman–Crippen MR) is 137 cm³/mol. The number of aliphatic hydroxyl groups excluding tert-OH is 1. The summed E-state index contributed by atoms with van der Waals surface area (Å²) >= 11 is 8.22. The van der Waals surface area contributed by atoms with Gasteiger partial charge in [-0.05, 0) is 42.8 Å². The Morgan fingerprint density at radius 1 is 0.970 bits per heavy atom. The third-order valence-corrected chi connectivity index (χ3v) is 7.54. The summed E-state index contributed by atoms with van der Waals surface area (Å²) in [6.07, 6.45) is 0. The Bertz CT molecular complexity index is 1440. The van der Waals surface area contributed by atoms with Gasteiger partial charge in [-0.25, -0.2) is 4.98 Å². The van der Waals surface area contributed by atoms with Crippen LogP contribution in [0.5, 0.6) is 0 Å². The lowest BCUT2D eigenvalue weighted by Gasteiger charge is -2.23. The monoisotopic (exact) mass is 582 g/mol. The molecule has 5 nitrogen and oxygen atoms in total. The number of benzene rings is 3. The maximum Gasteiger partial charge on any atom is 0.301 e. The average molecular weight is 584 g/mol. The van der Waals surface area contributed by atoms with Gasteiger partial charge in [0.2, 0.25) is 0 Å². The van der Waals surface area contributed by atoms with Crippen LogP contribution in [0, 0.1) is 6.92 Å². The summed E-state index contributed by atoms with van der Waals surface area (Å²) < 4.78 is 2.65. The highest BCUT2D eigenvalue weighted by Crippen LogP contribution is 2.44. The molecule has 0 saturated carbocycles. The molecule has 1 atom stereocenters. The van der Waals surface area contributed by atoms with Crippen LogP contribution in [0.15, 0.2) is 81.2 Å². The van der Waals surface area contributed by atoms with Crippen molar-refractivity contribution < 1.29 is 14.7 Å². The highest BCUT2D eigenvalue weighted by atomic mass is 79.9. The van der Waals surface area contributed by atoms with E-state index >= 15 is 0 Å². The van der Waals surface area contributed by atoms with Crippen LogP contribution in [-0.2, 0) is 9.59 Å². The zero-order valence-corrected chi connectivity index (χ0v) is 21.2. The van der Waals surface area contributed by atoms with Gasteiger partial charge in [-0.2, -0.15) is 0 Å². The number of aryl methyl sites for hydroxylation is 1. The van der Waals surface area contributed by atoms with Gasteiger partial charge in [0.25, 0.3) is 5.78 Å². The van der Waals surface area contributed by atoms with E-state index in [1.54, 1.807) is 12.1 Å². The minimum absolute atomic E-state index is 0.0478. The topological polar surface area (TPSA) is 70.5 Å². The molecule has 4 aromatic rings. The van der Waals surface area contributed by atoms with E-state index in [9.17, 15) is 14.7 Å². The molecule has 3 aromatic carbocycles. The average Bonchev–Trinajstić information content (AvgIpc) is 3.32. The molecule has 0 radical (unpaired) electrons. The molecule has 1 aromatic heterocycles. The van der Waals surface area contributed by atoms with Crippen LogP contribution in [0.25, 0.3) is 16.0 Å². The molecule has 1 aliphatic heterocycles. The highest BCUT2D eigenvalue weighted by Gasteiger charge is 2.48. The molecule has 0 unspecified atom stereocenters.